The molecule has 0 aromatic heterocycles. The molecule has 2 aliphatic rings. The number of ether oxygens (including phenoxy) is 2. The average molecular weight is 591 g/mol. The van der Waals surface area contributed by atoms with E-state index in [0.29, 0.717) is 35.7 Å². The highest BCUT2D eigenvalue weighted by Gasteiger charge is 2.46. The number of carbonyl (C=O) groups excluding carboxylic acids is 3. The number of halogens is 1. The van der Waals surface area contributed by atoms with Crippen LogP contribution in [0.5, 0.6) is 11.5 Å². The minimum atomic E-state index is -3.67. The Labute approximate surface area is 240 Å². The van der Waals surface area contributed by atoms with Gasteiger partial charge >= 0.3 is 0 Å². The van der Waals surface area contributed by atoms with Crippen LogP contribution < -0.4 is 14.8 Å². The van der Waals surface area contributed by atoms with Gasteiger partial charge in [0.15, 0.2) is 11.5 Å². The molecule has 0 spiro atoms. The van der Waals surface area contributed by atoms with Crippen molar-refractivity contribution in [3.8, 4) is 11.5 Å². The average Bonchev–Trinajstić information content (AvgIpc) is 3.71. The molecule has 216 valence electrons. The maximum atomic E-state index is 14.1. The number of unbranched alkanes of at least 4 members (excludes halogenated alkanes) is 2. The van der Waals surface area contributed by atoms with Crippen molar-refractivity contribution in [1.82, 2.24) is 4.90 Å². The predicted octanol–water partition coefficient (Wildman–Crippen LogP) is 5.21. The molecule has 0 unspecified atom stereocenters. The molecular weight excluding hydrogens is 556 g/mol. The molecule has 0 bridgehead atoms. The first-order chi connectivity index (χ1) is 19.0. The molecule has 1 N–H and O–H groups in total. The lowest BCUT2D eigenvalue weighted by Gasteiger charge is -2.27. The van der Waals surface area contributed by atoms with Crippen LogP contribution in [0.3, 0.4) is 0 Å². The maximum Gasteiger partial charge on any atom is 0.264 e. The fourth-order valence-corrected chi connectivity index (χ4v) is 6.23. The second-order valence-electron chi connectivity index (χ2n) is 10.3. The van der Waals surface area contributed by atoms with Crippen molar-refractivity contribution in [2.24, 2.45) is 5.92 Å². The fraction of sp³-hybridized carbons (Fsp3) is 0.483. The number of anilines is 1. The van der Waals surface area contributed by atoms with E-state index in [-0.39, 0.29) is 33.7 Å². The predicted molar refractivity (Wildman–Crippen MR) is 153 cm³/mol. The van der Waals surface area contributed by atoms with Gasteiger partial charge in [-0.05, 0) is 61.9 Å². The number of hydrogen-bond donors (Lipinski definition) is 1. The molecule has 1 aliphatic heterocycles. The number of nitrogens with one attached hydrogen (secondary N) is 1. The van der Waals surface area contributed by atoms with Crippen molar-refractivity contribution >= 4 is 44.8 Å². The summed E-state index contributed by atoms with van der Waals surface area (Å²) in [6, 6.07) is 5.20. The van der Waals surface area contributed by atoms with E-state index < -0.39 is 33.4 Å². The monoisotopic (exact) mass is 590 g/mol. The van der Waals surface area contributed by atoms with E-state index in [0.717, 1.165) is 43.3 Å². The van der Waals surface area contributed by atoms with Gasteiger partial charge in [0.05, 0.1) is 42.3 Å². The Bertz CT molecular complexity index is 1440. The third-order valence-electron chi connectivity index (χ3n) is 7.13. The van der Waals surface area contributed by atoms with Crippen molar-refractivity contribution in [1.29, 1.82) is 0 Å². The van der Waals surface area contributed by atoms with E-state index in [1.807, 2.05) is 0 Å². The van der Waals surface area contributed by atoms with Crippen LogP contribution in [-0.4, -0.2) is 56.8 Å². The number of methoxy groups -OCH3 is 1. The largest absolute Gasteiger partial charge is 0.493 e. The first-order valence-corrected chi connectivity index (χ1v) is 16.0. The van der Waals surface area contributed by atoms with Crippen molar-refractivity contribution in [3.63, 3.8) is 0 Å². The van der Waals surface area contributed by atoms with Gasteiger partial charge in [0.2, 0.25) is 5.91 Å². The summed E-state index contributed by atoms with van der Waals surface area (Å²) in [4.78, 5) is 41.9. The molecule has 2 aromatic carbocycles. The molecule has 1 aliphatic carbocycles. The first kappa shape index (κ1) is 29.9. The van der Waals surface area contributed by atoms with E-state index in [9.17, 15) is 22.8 Å². The normalized spacial score (nSPS) is 15.7. The zero-order chi connectivity index (χ0) is 29.2. The summed E-state index contributed by atoms with van der Waals surface area (Å²) >= 11 is 6.66. The Morgan fingerprint density at radius 1 is 1.10 bits per heavy atom. The Hall–Kier alpha value is -3.11. The number of carbonyl (C=O) groups is 3. The van der Waals surface area contributed by atoms with E-state index in [1.165, 1.54) is 13.2 Å². The second-order valence-corrected chi connectivity index (χ2v) is 12.9. The summed E-state index contributed by atoms with van der Waals surface area (Å²) in [5, 5.41) is 3.09. The number of sulfone groups is 1. The van der Waals surface area contributed by atoms with Crippen LogP contribution in [0.1, 0.15) is 83.8 Å². The topological polar surface area (TPSA) is 119 Å². The summed E-state index contributed by atoms with van der Waals surface area (Å²) in [6.45, 7) is 4.18. The number of fused-ring (bicyclic) bond motifs is 1. The first-order valence-electron chi connectivity index (χ1n) is 13.5. The molecule has 1 heterocycles. The number of benzene rings is 2. The molecule has 1 saturated carbocycles. The minimum absolute atomic E-state index is 0.0481. The van der Waals surface area contributed by atoms with Crippen LogP contribution in [-0.2, 0) is 21.1 Å². The van der Waals surface area contributed by atoms with Gasteiger partial charge in [-0.3, -0.25) is 19.3 Å². The molecule has 1 atom stereocenters. The van der Waals surface area contributed by atoms with Crippen LogP contribution in [0.25, 0.3) is 0 Å². The quantitative estimate of drug-likeness (QED) is 0.251. The molecule has 9 nitrogen and oxygen atoms in total. The van der Waals surface area contributed by atoms with E-state index in [2.05, 4.69) is 12.2 Å². The number of imide groups is 1. The van der Waals surface area contributed by atoms with Crippen LogP contribution in [0, 0.1) is 5.92 Å². The highest BCUT2D eigenvalue weighted by atomic mass is 35.5. The van der Waals surface area contributed by atoms with Crippen LogP contribution in [0.4, 0.5) is 5.69 Å². The highest BCUT2D eigenvalue weighted by molar-refractivity contribution is 7.90. The van der Waals surface area contributed by atoms with Gasteiger partial charge in [0, 0.05) is 17.2 Å². The lowest BCUT2D eigenvalue weighted by atomic mass is 9.96. The van der Waals surface area contributed by atoms with Gasteiger partial charge in [0.1, 0.15) is 9.84 Å². The lowest BCUT2D eigenvalue weighted by Crippen LogP contribution is -2.38. The van der Waals surface area contributed by atoms with E-state index in [4.69, 9.17) is 21.1 Å². The van der Waals surface area contributed by atoms with Crippen molar-refractivity contribution < 1.29 is 32.3 Å². The molecule has 3 amide bonds. The van der Waals surface area contributed by atoms with Crippen molar-refractivity contribution in [2.75, 3.05) is 31.0 Å². The zero-order valence-electron chi connectivity index (χ0n) is 23.2. The summed E-state index contributed by atoms with van der Waals surface area (Å²) in [5.41, 5.74) is 1.26. The van der Waals surface area contributed by atoms with Gasteiger partial charge < -0.3 is 14.8 Å². The van der Waals surface area contributed by atoms with Crippen LogP contribution in [0.15, 0.2) is 24.3 Å². The zero-order valence-corrected chi connectivity index (χ0v) is 24.8. The van der Waals surface area contributed by atoms with E-state index in [1.54, 1.807) is 25.1 Å². The Morgan fingerprint density at radius 3 is 2.40 bits per heavy atom. The summed E-state index contributed by atoms with van der Waals surface area (Å²) in [5.74, 6) is -1.41. The lowest BCUT2D eigenvalue weighted by molar-refractivity contribution is -0.117. The smallest absolute Gasteiger partial charge is 0.264 e. The maximum absolute atomic E-state index is 14.1. The van der Waals surface area contributed by atoms with Gasteiger partial charge in [-0.1, -0.05) is 37.4 Å². The van der Waals surface area contributed by atoms with Gasteiger partial charge in [0.25, 0.3) is 11.8 Å². The SMILES string of the molecule is CCCCCc1c(Cl)cc(NC(=O)C2CC2)c2c1C(=O)N([C@H](CS(C)(=O)=O)c1ccc(OC)c(OCC)c1)C2=O. The second kappa shape index (κ2) is 12.2. The summed E-state index contributed by atoms with van der Waals surface area (Å²) in [7, 11) is -2.18. The fourth-order valence-electron chi connectivity index (χ4n) is 5.02. The standard InChI is InChI=1S/C29H35ClN2O7S/c1-5-7-8-9-19-20(30)15-21(31-27(33)17-10-11-17)26-25(19)28(34)32(29(26)35)22(16-40(4,36)37)18-12-13-23(38-3)24(14-18)39-6-2/h12-15,17,22H,5-11,16H2,1-4H3,(H,31,33)/t22-/m1/s1. The van der Waals surface area contributed by atoms with Gasteiger partial charge in [-0.2, -0.15) is 0 Å². The number of amides is 3. The summed E-state index contributed by atoms with van der Waals surface area (Å²) in [6.07, 6.45) is 5.63. The Balaban J connectivity index is 1.85. The van der Waals surface area contributed by atoms with Crippen LogP contribution >= 0.6 is 11.6 Å². The molecule has 1 fully saturated rings. The Morgan fingerprint density at radius 2 is 1.80 bits per heavy atom. The molecule has 0 radical (unpaired) electrons. The van der Waals surface area contributed by atoms with Crippen LogP contribution in [0.2, 0.25) is 5.02 Å². The van der Waals surface area contributed by atoms with Gasteiger partial charge in [-0.15, -0.1) is 0 Å². The molecule has 4 rings (SSSR count). The number of nitrogens with zero attached hydrogens (tertiary/aromatic N) is 1. The van der Waals surface area contributed by atoms with Crippen molar-refractivity contribution in [2.45, 2.75) is 58.4 Å². The third-order valence-corrected chi connectivity index (χ3v) is 8.39. The number of hydrogen-bond acceptors (Lipinski definition) is 7. The van der Waals surface area contributed by atoms with Gasteiger partial charge in [-0.25, -0.2) is 8.42 Å². The Kier molecular flexibility index (Phi) is 9.09. The minimum Gasteiger partial charge on any atom is -0.493 e. The molecule has 2 aromatic rings. The van der Waals surface area contributed by atoms with E-state index >= 15 is 0 Å². The molecule has 0 saturated heterocycles. The molecular formula is C29H35ClN2O7S. The third kappa shape index (κ3) is 6.28. The molecule has 11 heteroatoms. The highest BCUT2D eigenvalue weighted by Crippen LogP contribution is 2.43. The molecule has 40 heavy (non-hydrogen) atoms. The van der Waals surface area contributed by atoms with Crippen molar-refractivity contribution in [3.05, 3.63) is 51.5 Å². The number of rotatable bonds is 13. The summed E-state index contributed by atoms with van der Waals surface area (Å²) < 4.78 is 36.2.